The van der Waals surface area contributed by atoms with Crippen LogP contribution in [0.5, 0.6) is 0 Å². The number of aliphatic hydroxyl groups excluding tert-OH is 1. The molecule has 4 atom stereocenters. The van der Waals surface area contributed by atoms with Crippen molar-refractivity contribution in [1.82, 2.24) is 0 Å². The summed E-state index contributed by atoms with van der Waals surface area (Å²) in [6, 6.07) is 0. The van der Waals surface area contributed by atoms with Crippen LogP contribution in [0.25, 0.3) is 0 Å². The van der Waals surface area contributed by atoms with Gasteiger partial charge in [0.05, 0.1) is 6.10 Å². The number of hydrogen-bond acceptors (Lipinski definition) is 4. The molecule has 0 aliphatic rings. The third kappa shape index (κ3) is 8.13. The molecule has 0 aromatic rings. The third-order valence-corrected chi connectivity index (χ3v) is 9.60. The van der Waals surface area contributed by atoms with Gasteiger partial charge in [-0.2, -0.15) is 0 Å². The normalized spacial score (nSPS) is 17.8. The summed E-state index contributed by atoms with van der Waals surface area (Å²) in [6.45, 7) is 16.5. The van der Waals surface area contributed by atoms with Crippen LogP contribution < -0.4 is 0 Å². The van der Waals surface area contributed by atoms with Gasteiger partial charge in [0.2, 0.25) is 0 Å². The summed E-state index contributed by atoms with van der Waals surface area (Å²) in [4.78, 5) is 0. The van der Waals surface area contributed by atoms with E-state index in [9.17, 15) is 5.11 Å². The molecule has 0 amide bonds. The quantitative estimate of drug-likeness (QED) is 0.344. The fourth-order valence-electron chi connectivity index (χ4n) is 2.36. The molecule has 0 aromatic carbocycles. The van der Waals surface area contributed by atoms with Gasteiger partial charge in [-0.1, -0.05) is 40.5 Å². The largest absolute Gasteiger partial charge is 0.416 e. The number of methoxy groups -OCH3 is 1. The van der Waals surface area contributed by atoms with Crippen molar-refractivity contribution in [2.24, 2.45) is 11.8 Å². The lowest BCUT2D eigenvalue weighted by molar-refractivity contribution is -0.114. The molecule has 0 aliphatic heterocycles. The summed E-state index contributed by atoms with van der Waals surface area (Å²) in [5, 5.41) is 9.77. The lowest BCUT2D eigenvalue weighted by Crippen LogP contribution is -2.43. The molecule has 5 heteroatoms. The van der Waals surface area contributed by atoms with Gasteiger partial charge in [-0.3, -0.25) is 0 Å². The highest BCUT2D eigenvalue weighted by Crippen LogP contribution is 2.37. The van der Waals surface area contributed by atoms with Crippen molar-refractivity contribution in [1.29, 1.82) is 0 Å². The van der Waals surface area contributed by atoms with Crippen LogP contribution >= 0.6 is 0 Å². The Morgan fingerprint density at radius 1 is 1.12 bits per heavy atom. The first kappa shape index (κ1) is 23.6. The SMILES string of the molecule is C#C[C@@H](O)CC[C@@H](C)[C@@H](OCOC)[C@H](C)CO[Si](C)(C)C(C)(C)C. The average Bonchev–Trinajstić information content (AvgIpc) is 2.49. The predicted octanol–water partition coefficient (Wildman–Crippen LogP) is 4.04. The Hall–Kier alpha value is -0.383. The van der Waals surface area contributed by atoms with Gasteiger partial charge in [-0.05, 0) is 36.9 Å². The highest BCUT2D eigenvalue weighted by Gasteiger charge is 2.38. The minimum atomic E-state index is -1.78. The average molecular weight is 359 g/mol. The van der Waals surface area contributed by atoms with E-state index in [0.717, 1.165) is 6.42 Å². The summed E-state index contributed by atoms with van der Waals surface area (Å²) in [6.07, 6.45) is 5.97. The predicted molar refractivity (Wildman–Crippen MR) is 102 cm³/mol. The van der Waals surface area contributed by atoms with Crippen molar-refractivity contribution in [2.45, 2.75) is 77.8 Å². The fourth-order valence-corrected chi connectivity index (χ4v) is 3.47. The topological polar surface area (TPSA) is 47.9 Å². The van der Waals surface area contributed by atoms with Crippen LogP contribution in [-0.2, 0) is 13.9 Å². The molecule has 0 aliphatic carbocycles. The van der Waals surface area contributed by atoms with Gasteiger partial charge in [0.25, 0.3) is 0 Å². The number of rotatable bonds is 11. The molecule has 0 heterocycles. The van der Waals surface area contributed by atoms with Crippen molar-refractivity contribution in [2.75, 3.05) is 20.5 Å². The second kappa shape index (κ2) is 10.6. The van der Waals surface area contributed by atoms with Gasteiger partial charge < -0.3 is 19.0 Å². The third-order valence-electron chi connectivity index (χ3n) is 5.10. The maximum atomic E-state index is 9.58. The first-order valence-corrected chi connectivity index (χ1v) is 11.8. The Labute approximate surface area is 150 Å². The lowest BCUT2D eigenvalue weighted by Gasteiger charge is -2.38. The Morgan fingerprint density at radius 2 is 1.71 bits per heavy atom. The van der Waals surface area contributed by atoms with E-state index in [1.807, 2.05) is 0 Å². The van der Waals surface area contributed by atoms with Gasteiger partial charge in [0.15, 0.2) is 8.32 Å². The standard InChI is InChI=1S/C19H38O4Si/c1-10-17(20)12-11-15(2)18(22-14-21-7)16(3)13-23-24(8,9)19(4,5)6/h1,15-18,20H,11-14H2,2-9H3/t15-,16-,17-,18-/m1/s1. The Balaban J connectivity index is 4.76. The number of ether oxygens (including phenoxy) is 2. The van der Waals surface area contributed by atoms with E-state index in [0.29, 0.717) is 13.0 Å². The molecule has 0 unspecified atom stereocenters. The molecule has 0 rings (SSSR count). The Bertz CT molecular complexity index is 384. The zero-order valence-corrected chi connectivity index (χ0v) is 17.9. The van der Waals surface area contributed by atoms with E-state index in [4.69, 9.17) is 20.3 Å². The van der Waals surface area contributed by atoms with Crippen LogP contribution in [0.1, 0.15) is 47.5 Å². The number of aliphatic hydroxyl groups is 1. The van der Waals surface area contributed by atoms with Crippen LogP contribution in [0.4, 0.5) is 0 Å². The summed E-state index contributed by atoms with van der Waals surface area (Å²) in [5.41, 5.74) is 0. The van der Waals surface area contributed by atoms with Crippen LogP contribution in [-0.4, -0.2) is 46.1 Å². The molecule has 4 nitrogen and oxygen atoms in total. The van der Waals surface area contributed by atoms with E-state index in [1.165, 1.54) is 0 Å². The van der Waals surface area contributed by atoms with Crippen LogP contribution in [0.15, 0.2) is 0 Å². The first-order chi connectivity index (χ1) is 11.0. The zero-order chi connectivity index (χ0) is 19.0. The van der Waals surface area contributed by atoms with Crippen molar-refractivity contribution < 1.29 is 19.0 Å². The lowest BCUT2D eigenvalue weighted by atomic mass is 9.89. The molecule has 0 bridgehead atoms. The molecule has 142 valence electrons. The van der Waals surface area contributed by atoms with Gasteiger partial charge in [-0.15, -0.1) is 6.42 Å². The molecular formula is C19H38O4Si. The van der Waals surface area contributed by atoms with Crippen LogP contribution in [0, 0.1) is 24.2 Å². The summed E-state index contributed by atoms with van der Waals surface area (Å²) in [7, 11) is -0.149. The smallest absolute Gasteiger partial charge is 0.191 e. The highest BCUT2D eigenvalue weighted by molar-refractivity contribution is 6.74. The first-order valence-electron chi connectivity index (χ1n) is 8.85. The maximum absolute atomic E-state index is 9.58. The minimum absolute atomic E-state index is 0.0136. The molecule has 0 radical (unpaired) electrons. The Morgan fingerprint density at radius 3 is 2.17 bits per heavy atom. The molecule has 0 saturated carbocycles. The zero-order valence-electron chi connectivity index (χ0n) is 16.9. The minimum Gasteiger partial charge on any atom is -0.416 e. The van der Waals surface area contributed by atoms with Gasteiger partial charge >= 0.3 is 0 Å². The summed E-state index contributed by atoms with van der Waals surface area (Å²) in [5.74, 6) is 2.87. The fraction of sp³-hybridized carbons (Fsp3) is 0.895. The van der Waals surface area contributed by atoms with Gasteiger partial charge in [-0.25, -0.2) is 0 Å². The van der Waals surface area contributed by atoms with Gasteiger partial charge in [0.1, 0.15) is 12.9 Å². The van der Waals surface area contributed by atoms with Crippen molar-refractivity contribution >= 4 is 8.32 Å². The molecular weight excluding hydrogens is 320 g/mol. The van der Waals surface area contributed by atoms with E-state index < -0.39 is 14.4 Å². The molecule has 0 spiro atoms. The van der Waals surface area contributed by atoms with E-state index >= 15 is 0 Å². The molecule has 0 fully saturated rings. The van der Waals surface area contributed by atoms with Gasteiger partial charge in [0, 0.05) is 19.6 Å². The molecule has 0 aromatic heterocycles. The van der Waals surface area contributed by atoms with Crippen molar-refractivity contribution in [3.05, 3.63) is 0 Å². The maximum Gasteiger partial charge on any atom is 0.191 e. The molecule has 0 saturated heterocycles. The summed E-state index contributed by atoms with van der Waals surface area (Å²) < 4.78 is 17.3. The Kier molecular flexibility index (Phi) is 10.4. The van der Waals surface area contributed by atoms with Crippen molar-refractivity contribution in [3.8, 4) is 12.3 Å². The van der Waals surface area contributed by atoms with E-state index in [1.54, 1.807) is 7.11 Å². The molecule has 1 N–H and O–H groups in total. The van der Waals surface area contributed by atoms with Crippen LogP contribution in [0.3, 0.4) is 0 Å². The highest BCUT2D eigenvalue weighted by atomic mass is 28.4. The van der Waals surface area contributed by atoms with E-state index in [2.05, 4.69) is 53.6 Å². The molecule has 24 heavy (non-hydrogen) atoms. The monoisotopic (exact) mass is 358 g/mol. The second-order valence-corrected chi connectivity index (χ2v) is 13.1. The summed E-state index contributed by atoms with van der Waals surface area (Å²) >= 11 is 0. The van der Waals surface area contributed by atoms with Crippen molar-refractivity contribution in [3.63, 3.8) is 0 Å². The number of terminal acetylenes is 1. The number of hydrogen-bond donors (Lipinski definition) is 1. The van der Waals surface area contributed by atoms with E-state index in [-0.39, 0.29) is 29.8 Å². The second-order valence-electron chi connectivity index (χ2n) is 8.32. The van der Waals surface area contributed by atoms with Crippen LogP contribution in [0.2, 0.25) is 18.1 Å².